The summed E-state index contributed by atoms with van der Waals surface area (Å²) < 4.78 is 10.1. The summed E-state index contributed by atoms with van der Waals surface area (Å²) in [5, 5.41) is 0.603. The highest BCUT2D eigenvalue weighted by atomic mass is 16.5. The van der Waals surface area contributed by atoms with Crippen LogP contribution in [0.2, 0.25) is 0 Å². The van der Waals surface area contributed by atoms with Crippen molar-refractivity contribution in [1.82, 2.24) is 0 Å². The molecular formula is C17H12O4. The lowest BCUT2D eigenvalue weighted by Gasteiger charge is -2.01. The summed E-state index contributed by atoms with van der Waals surface area (Å²) in [6, 6.07) is 13.8. The molecule has 0 bridgehead atoms. The molecule has 1 heterocycles. The van der Waals surface area contributed by atoms with Gasteiger partial charge in [0.05, 0.1) is 18.2 Å². The monoisotopic (exact) mass is 280 g/mol. The van der Waals surface area contributed by atoms with E-state index in [0.717, 1.165) is 0 Å². The molecule has 21 heavy (non-hydrogen) atoms. The summed E-state index contributed by atoms with van der Waals surface area (Å²) in [6.45, 7) is 0. The number of hydrogen-bond donors (Lipinski definition) is 0. The van der Waals surface area contributed by atoms with E-state index in [9.17, 15) is 9.59 Å². The van der Waals surface area contributed by atoms with Crippen LogP contribution in [0.4, 0.5) is 0 Å². The molecule has 3 aromatic rings. The Morgan fingerprint density at radius 1 is 1.00 bits per heavy atom. The second-order valence-corrected chi connectivity index (χ2v) is 4.55. The molecule has 4 heteroatoms. The predicted molar refractivity (Wildman–Crippen MR) is 77.4 cm³/mol. The number of carbonyl (C=O) groups is 2. The molecule has 104 valence electrons. The third-order valence-corrected chi connectivity index (χ3v) is 3.28. The molecule has 0 radical (unpaired) electrons. The van der Waals surface area contributed by atoms with E-state index < -0.39 is 5.97 Å². The topological polar surface area (TPSA) is 56.5 Å². The molecule has 3 rings (SSSR count). The molecule has 2 aromatic carbocycles. The van der Waals surface area contributed by atoms with Crippen LogP contribution in [-0.2, 0) is 4.74 Å². The van der Waals surface area contributed by atoms with Gasteiger partial charge in [0.2, 0.25) is 0 Å². The average Bonchev–Trinajstić information content (AvgIpc) is 2.97. The number of methoxy groups -OCH3 is 1. The van der Waals surface area contributed by atoms with E-state index in [1.54, 1.807) is 42.5 Å². The molecule has 0 amide bonds. The van der Waals surface area contributed by atoms with Crippen LogP contribution in [0.25, 0.3) is 11.0 Å². The van der Waals surface area contributed by atoms with Gasteiger partial charge < -0.3 is 9.15 Å². The molecule has 0 fully saturated rings. The minimum absolute atomic E-state index is 0.142. The van der Waals surface area contributed by atoms with Gasteiger partial charge in [-0.3, -0.25) is 4.79 Å². The summed E-state index contributed by atoms with van der Waals surface area (Å²) in [7, 11) is 1.32. The Morgan fingerprint density at radius 2 is 1.76 bits per heavy atom. The Bertz CT molecular complexity index is 815. The van der Waals surface area contributed by atoms with Crippen molar-refractivity contribution in [2.24, 2.45) is 0 Å². The lowest BCUT2D eigenvalue weighted by molar-refractivity contribution is 0.0600. The molecule has 0 atom stereocenters. The summed E-state index contributed by atoms with van der Waals surface area (Å²) in [5.41, 5.74) is 1.95. The Labute approximate surface area is 120 Å². The van der Waals surface area contributed by atoms with Crippen LogP contribution >= 0.6 is 0 Å². The Kier molecular flexibility index (Phi) is 3.28. The summed E-state index contributed by atoms with van der Waals surface area (Å²) in [4.78, 5) is 24.1. The number of fused-ring (bicyclic) bond motifs is 1. The Balaban J connectivity index is 2.11. The highest BCUT2D eigenvalue weighted by molar-refractivity contribution is 6.16. The van der Waals surface area contributed by atoms with Gasteiger partial charge in [0, 0.05) is 10.9 Å². The van der Waals surface area contributed by atoms with Crippen LogP contribution in [0.1, 0.15) is 26.3 Å². The van der Waals surface area contributed by atoms with Gasteiger partial charge in [0.1, 0.15) is 11.8 Å². The number of furan rings is 1. The lowest BCUT2D eigenvalue weighted by atomic mass is 10.0. The van der Waals surface area contributed by atoms with E-state index >= 15 is 0 Å². The maximum Gasteiger partial charge on any atom is 0.337 e. The molecule has 0 aliphatic heterocycles. The van der Waals surface area contributed by atoms with Gasteiger partial charge in [-0.25, -0.2) is 4.79 Å². The highest BCUT2D eigenvalue weighted by Gasteiger charge is 2.17. The van der Waals surface area contributed by atoms with Crippen molar-refractivity contribution < 1.29 is 18.7 Å². The number of ketones is 1. The quantitative estimate of drug-likeness (QED) is 0.544. The fourth-order valence-electron chi connectivity index (χ4n) is 2.19. The van der Waals surface area contributed by atoms with E-state index in [1.165, 1.54) is 13.4 Å². The van der Waals surface area contributed by atoms with Crippen molar-refractivity contribution in [3.8, 4) is 0 Å². The second kappa shape index (κ2) is 5.25. The zero-order valence-electron chi connectivity index (χ0n) is 11.3. The summed E-state index contributed by atoms with van der Waals surface area (Å²) >= 11 is 0. The summed E-state index contributed by atoms with van der Waals surface area (Å²) in [5.74, 6) is -0.590. The molecule has 0 saturated heterocycles. The average molecular weight is 280 g/mol. The zero-order chi connectivity index (χ0) is 14.8. The number of hydrogen-bond acceptors (Lipinski definition) is 4. The number of carbonyl (C=O) groups excluding carboxylic acids is 2. The van der Waals surface area contributed by atoms with Gasteiger partial charge in [-0.1, -0.05) is 30.3 Å². The van der Waals surface area contributed by atoms with Crippen molar-refractivity contribution in [2.45, 2.75) is 0 Å². The number of ether oxygens (including phenoxy) is 1. The third-order valence-electron chi connectivity index (χ3n) is 3.28. The molecule has 0 unspecified atom stereocenters. The first-order valence-corrected chi connectivity index (χ1v) is 6.40. The van der Waals surface area contributed by atoms with Gasteiger partial charge in [0.15, 0.2) is 5.78 Å². The van der Waals surface area contributed by atoms with Crippen LogP contribution in [0.5, 0.6) is 0 Å². The third kappa shape index (κ3) is 2.31. The van der Waals surface area contributed by atoms with E-state index in [2.05, 4.69) is 0 Å². The molecule has 0 aliphatic carbocycles. The van der Waals surface area contributed by atoms with Crippen LogP contribution in [0.15, 0.2) is 59.2 Å². The number of rotatable bonds is 3. The highest BCUT2D eigenvalue weighted by Crippen LogP contribution is 2.25. The fraction of sp³-hybridized carbons (Fsp3) is 0.0588. The molecule has 4 nitrogen and oxygen atoms in total. The van der Waals surface area contributed by atoms with Gasteiger partial charge in [-0.05, 0) is 18.2 Å². The Morgan fingerprint density at radius 3 is 2.48 bits per heavy atom. The molecule has 0 saturated carbocycles. The minimum Gasteiger partial charge on any atom is -0.465 e. The van der Waals surface area contributed by atoms with Crippen LogP contribution in [0, 0.1) is 0 Å². The minimum atomic E-state index is -0.448. The maximum absolute atomic E-state index is 12.5. The molecule has 0 aliphatic rings. The van der Waals surface area contributed by atoms with E-state index in [1.807, 2.05) is 6.07 Å². The van der Waals surface area contributed by atoms with Gasteiger partial charge in [0.25, 0.3) is 0 Å². The summed E-state index contributed by atoms with van der Waals surface area (Å²) in [6.07, 6.45) is 1.42. The number of esters is 1. The first-order chi connectivity index (χ1) is 10.2. The van der Waals surface area contributed by atoms with E-state index in [-0.39, 0.29) is 5.78 Å². The van der Waals surface area contributed by atoms with Crippen LogP contribution < -0.4 is 0 Å². The van der Waals surface area contributed by atoms with Crippen molar-refractivity contribution in [3.05, 3.63) is 71.5 Å². The predicted octanol–water partition coefficient (Wildman–Crippen LogP) is 3.45. The molecular weight excluding hydrogens is 268 g/mol. The lowest BCUT2D eigenvalue weighted by Crippen LogP contribution is -2.02. The van der Waals surface area contributed by atoms with Crippen molar-refractivity contribution >= 4 is 22.7 Å². The zero-order valence-corrected chi connectivity index (χ0v) is 11.3. The SMILES string of the molecule is COC(=O)c1ccc2occ(C(=O)c3ccccc3)c2c1. The first kappa shape index (κ1) is 13.1. The van der Waals surface area contributed by atoms with E-state index in [4.69, 9.17) is 9.15 Å². The number of benzene rings is 2. The van der Waals surface area contributed by atoms with Crippen LogP contribution in [-0.4, -0.2) is 18.9 Å². The van der Waals surface area contributed by atoms with Crippen molar-refractivity contribution in [1.29, 1.82) is 0 Å². The maximum atomic E-state index is 12.5. The normalized spacial score (nSPS) is 10.5. The molecule has 0 N–H and O–H groups in total. The van der Waals surface area contributed by atoms with E-state index in [0.29, 0.717) is 27.7 Å². The Hall–Kier alpha value is -2.88. The van der Waals surface area contributed by atoms with Gasteiger partial charge in [-0.15, -0.1) is 0 Å². The van der Waals surface area contributed by atoms with Gasteiger partial charge in [-0.2, -0.15) is 0 Å². The molecule has 1 aromatic heterocycles. The smallest absolute Gasteiger partial charge is 0.337 e. The second-order valence-electron chi connectivity index (χ2n) is 4.55. The molecule has 0 spiro atoms. The van der Waals surface area contributed by atoms with Crippen molar-refractivity contribution in [2.75, 3.05) is 7.11 Å². The standard InChI is InChI=1S/C17H12O4/c1-20-17(19)12-7-8-15-13(9-12)14(10-21-15)16(18)11-5-3-2-4-6-11/h2-10H,1H3. The largest absolute Gasteiger partial charge is 0.465 e. The van der Waals surface area contributed by atoms with Crippen LogP contribution in [0.3, 0.4) is 0 Å². The van der Waals surface area contributed by atoms with Crippen molar-refractivity contribution in [3.63, 3.8) is 0 Å². The fourth-order valence-corrected chi connectivity index (χ4v) is 2.19. The first-order valence-electron chi connectivity index (χ1n) is 6.40. The van der Waals surface area contributed by atoms with Gasteiger partial charge >= 0.3 is 5.97 Å².